The van der Waals surface area contributed by atoms with Crippen LogP contribution in [0.25, 0.3) is 184 Å². The van der Waals surface area contributed by atoms with E-state index < -0.39 is 0 Å². The van der Waals surface area contributed by atoms with Crippen LogP contribution in [0.3, 0.4) is 0 Å². The van der Waals surface area contributed by atoms with Crippen LogP contribution in [0, 0.1) is 25.8 Å². The van der Waals surface area contributed by atoms with Crippen molar-refractivity contribution in [2.45, 2.75) is 86.5 Å². The summed E-state index contributed by atoms with van der Waals surface area (Å²) < 4.78 is 2.24. The number of pyridine rings is 3. The maximum Gasteiger partial charge on any atom is 1.00 e. The first kappa shape index (κ1) is 90.1. The molecule has 6 aromatic heterocycles. The van der Waals surface area contributed by atoms with E-state index in [2.05, 4.69) is 350 Å². The molecule has 0 fully saturated rings. The molecule has 0 saturated heterocycles. The summed E-state index contributed by atoms with van der Waals surface area (Å²) in [4.78, 5) is 53.0. The van der Waals surface area contributed by atoms with Crippen LogP contribution in [-0.4, -0.2) is 55.3 Å². The second-order valence-corrected chi connectivity index (χ2v) is 35.2. The van der Waals surface area contributed by atoms with Crippen molar-refractivity contribution >= 4 is 81.7 Å². The third-order valence-electron chi connectivity index (χ3n) is 24.7. The molecule has 0 amide bonds. The molecule has 15 aromatic carbocycles. The van der Waals surface area contributed by atoms with Crippen molar-refractivity contribution in [3.8, 4) is 113 Å². The first-order valence-corrected chi connectivity index (χ1v) is 44.4. The number of aliphatic hydroxyl groups is 1. The number of aromatic nitrogens is 10. The third kappa shape index (κ3) is 18.4. The number of rotatable bonds is 11. The second kappa shape index (κ2) is 38.3. The van der Waals surface area contributed by atoms with Crippen LogP contribution < -0.4 is 29.0 Å². The van der Waals surface area contributed by atoms with Gasteiger partial charge in [-0.05, 0) is 187 Å². The second-order valence-electron chi connectivity index (χ2n) is 35.2. The first-order valence-electron chi connectivity index (χ1n) is 44.4. The van der Waals surface area contributed by atoms with Gasteiger partial charge in [0, 0.05) is 104 Å². The molecule has 0 spiro atoms. The monoisotopic (exact) mass is 1900 g/mol. The number of ketones is 1. The number of aromatic amines is 1. The van der Waals surface area contributed by atoms with E-state index in [1.807, 2.05) is 60.8 Å². The molecule has 0 atom stereocenters. The Morgan fingerprint density at radius 1 is 0.429 bits per heavy atom. The van der Waals surface area contributed by atoms with Crippen LogP contribution in [-0.2, 0) is 42.2 Å². The van der Waals surface area contributed by atoms with Gasteiger partial charge in [0.25, 0.3) is 0 Å². The number of allylic oxidation sites excluding steroid dienone is 2. The number of nitrogens with zero attached hydrogens (tertiary/aromatic N) is 9. The normalized spacial score (nSPS) is 12.4. The van der Waals surface area contributed by atoms with E-state index in [1.54, 1.807) is 18.3 Å². The van der Waals surface area contributed by atoms with E-state index in [-0.39, 0.29) is 67.1 Å². The van der Waals surface area contributed by atoms with Crippen molar-refractivity contribution in [1.82, 2.24) is 44.4 Å². The number of carbonyl (C=O) groups is 1. The van der Waals surface area contributed by atoms with Crippen LogP contribution in [0.5, 0.6) is 5.75 Å². The maximum absolute atomic E-state index is 11.1. The number of nitrogens with one attached hydrogen (secondary N) is 1. The Morgan fingerprint density at radius 2 is 0.910 bits per heavy atom. The molecule has 23 rings (SSSR count). The fraction of sp³-hybridized carbons (Fsp3) is 0.119. The molecule has 0 saturated carbocycles. The molecule has 13 nitrogen and oxygen atoms in total. The van der Waals surface area contributed by atoms with Gasteiger partial charge in [-0.15, -0.1) is 34.9 Å². The summed E-state index contributed by atoms with van der Waals surface area (Å²) in [7, 11) is 0. The number of hydrogen-bond donors (Lipinski definition) is 1. The van der Waals surface area contributed by atoms with Crippen molar-refractivity contribution in [2.75, 3.05) is 0 Å². The number of aryl methyl sites for hydroxylation is 2. The van der Waals surface area contributed by atoms with Crippen LogP contribution in [0.1, 0.15) is 94.3 Å². The van der Waals surface area contributed by atoms with Gasteiger partial charge < -0.3 is 10.2 Å². The fourth-order valence-electron chi connectivity index (χ4n) is 18.5. The molecule has 0 unspecified atom stereocenters. The summed E-state index contributed by atoms with van der Waals surface area (Å²) in [6.07, 6.45) is 5.88. The number of H-pyrrole nitrogens is 1. The number of carbonyl (C=O) groups excluding carboxylic acids is 1. The summed E-state index contributed by atoms with van der Waals surface area (Å²) in [5.41, 5.74) is 25.8. The molecular formula is C118H95IrLiN10O3. The van der Waals surface area contributed by atoms with Gasteiger partial charge >= 0.3 is 18.9 Å². The summed E-state index contributed by atoms with van der Waals surface area (Å²) >= 11 is 0. The molecule has 21 aromatic rings. The molecule has 1 radical (unpaired) electrons. The van der Waals surface area contributed by atoms with Gasteiger partial charge in [-0.1, -0.05) is 316 Å². The largest absolute Gasteiger partial charge is 1.00 e. The minimum Gasteiger partial charge on any atom is -0.868 e. The Hall–Kier alpha value is -14.9. The number of hydrogen-bond acceptors (Lipinski definition) is 11. The van der Waals surface area contributed by atoms with E-state index in [0.717, 1.165) is 95.1 Å². The molecule has 0 aliphatic heterocycles. The summed E-state index contributed by atoms with van der Waals surface area (Å²) in [5.74, 6) is 5.36. The molecular weight excluding hydrogens is 1800 g/mol. The first-order chi connectivity index (χ1) is 63.6. The van der Waals surface area contributed by atoms with E-state index in [0.29, 0.717) is 46.4 Å². The van der Waals surface area contributed by atoms with Crippen LogP contribution in [0.2, 0.25) is 0 Å². The van der Waals surface area contributed by atoms with Gasteiger partial charge in [0.15, 0.2) is 46.9 Å². The summed E-state index contributed by atoms with van der Waals surface area (Å²) in [6, 6.07) is 124. The average Bonchev–Trinajstić information content (AvgIpc) is 1.58. The van der Waals surface area contributed by atoms with E-state index in [4.69, 9.17) is 45.0 Å². The molecule has 133 heavy (non-hydrogen) atoms. The van der Waals surface area contributed by atoms with Crippen molar-refractivity contribution in [2.24, 2.45) is 5.92 Å². The smallest absolute Gasteiger partial charge is 0.868 e. The Kier molecular flexibility index (Phi) is 25.9. The zero-order valence-corrected chi connectivity index (χ0v) is 78.4. The standard InChI is InChI=1S/C43H33N3.C40H25N5.C21H22N.C9H7NO.C5H8O2.Ir.Li/c1-42(2)35-15-9-7-13-31(35)33-21-19-29(24-37(33)42)40-44-39(28-18-17-26-11-5-6-12-27(26)23-28)45-41(46-40)30-20-22-34-32-14-8-10-16-36(32)43(3,4)38(34)25-30;1-2-12-28(13-3-1)38-42-39(30-19-18-26-10-4-5-14-29(26)24-30)44-40(43-38)31-21-23-36(41-25-31)45-34-17-9-8-16-33(34)37-32-15-7-6-11-27(32)20-22-35(37)45;1-14(2)10-17-6-5-7-21-19(17)8-9-20(22-21)18-12-15(3)11-16(4)13-18;11-8-5-1-3-7-4-2-6-10-9(7)8;1-4(6)3-5(2)7;;/h5-25H,1-4H3;1-25H;5-9,11-12,14H,10H2,1-4H3;1-6,11H;3,6H,1-2H3;;/q;;-1;;;;+1. The molecule has 0 bridgehead atoms. The Balaban J connectivity index is 0.000000131. The van der Waals surface area contributed by atoms with Gasteiger partial charge in [0.1, 0.15) is 5.82 Å². The van der Waals surface area contributed by atoms with E-state index >= 15 is 0 Å². The predicted octanol–water partition coefficient (Wildman–Crippen LogP) is 24.6. The third-order valence-corrected chi connectivity index (χ3v) is 24.7. The van der Waals surface area contributed by atoms with Crippen molar-refractivity contribution < 1.29 is 59.0 Å². The van der Waals surface area contributed by atoms with Gasteiger partial charge in [-0.2, -0.15) is 0 Å². The topological polar surface area (TPSA) is 183 Å². The molecule has 6 heterocycles. The number of aliphatic hydroxyl groups excluding tert-OH is 1. The molecule has 15 heteroatoms. The average molecular weight is 1900 g/mol. The van der Waals surface area contributed by atoms with Gasteiger partial charge in [0.2, 0.25) is 5.52 Å². The number of fused-ring (bicyclic) bond motifs is 15. The SMILES string of the molecule is CC(=O)C=C(C)O.CC1(C)c2ccccc2-c2ccc(-c3nc(-c4ccc5c(c4)C(C)(C)c4ccccc4-5)nc(-c4ccc5ccccc5c4)n3)cc21.Cc1[c-]c(-c2ccc3c(CC(C)C)cccc3n2)cc(C)c1.[Ir].[Li+].[O-]c1cccc2ccc[nH+]c12.c1ccc(-c2nc(-c3ccc(-n4c5ccccc5c5c6ccccc6ccc54)nc3)nc(-c3ccc4ccccc4c3)n2)cc1. The molecule has 645 valence electrons. The number of para-hydroxylation sites is 2. The summed E-state index contributed by atoms with van der Waals surface area (Å²) in [5, 5.41) is 31.3. The zero-order chi connectivity index (χ0) is 90.2. The van der Waals surface area contributed by atoms with Gasteiger partial charge in [-0.25, -0.2) is 39.9 Å². The van der Waals surface area contributed by atoms with E-state index in [1.165, 1.54) is 113 Å². The van der Waals surface area contributed by atoms with Crippen molar-refractivity contribution in [3.63, 3.8) is 0 Å². The van der Waals surface area contributed by atoms with Crippen molar-refractivity contribution in [3.05, 3.63) is 415 Å². The molecule has 2 aliphatic carbocycles. The maximum atomic E-state index is 11.1. The number of benzene rings is 15. The molecule has 2 aliphatic rings. The van der Waals surface area contributed by atoms with Gasteiger partial charge in [0.05, 0.1) is 22.3 Å². The van der Waals surface area contributed by atoms with Crippen molar-refractivity contribution in [1.29, 1.82) is 0 Å². The Labute approximate surface area is 799 Å². The molecule has 2 N–H and O–H groups in total. The van der Waals surface area contributed by atoms with Gasteiger partial charge in [-0.3, -0.25) is 14.3 Å². The Bertz CT molecular complexity index is 7890. The van der Waals surface area contributed by atoms with Crippen LogP contribution in [0.4, 0.5) is 0 Å². The predicted molar refractivity (Wildman–Crippen MR) is 533 cm³/mol. The Morgan fingerprint density at radius 3 is 1.47 bits per heavy atom. The fourth-order valence-corrected chi connectivity index (χ4v) is 18.5. The van der Waals surface area contributed by atoms with E-state index in [9.17, 15) is 9.90 Å². The summed E-state index contributed by atoms with van der Waals surface area (Å²) in [6.45, 7) is 20.8. The minimum absolute atomic E-state index is 0. The zero-order valence-electron chi connectivity index (χ0n) is 76.0. The van der Waals surface area contributed by atoms with Crippen LogP contribution in [0.15, 0.2) is 370 Å². The quantitative estimate of drug-likeness (QED) is 0.0563. The minimum atomic E-state index is -0.125. The van der Waals surface area contributed by atoms with Crippen LogP contribution >= 0.6 is 0 Å².